The number of benzene rings is 2. The van der Waals surface area contributed by atoms with Crippen LogP contribution in [0.4, 0.5) is 15.8 Å². The maximum Gasteiger partial charge on any atom is 0.135 e. The molecule has 0 spiro atoms. The summed E-state index contributed by atoms with van der Waals surface area (Å²) in [5.41, 5.74) is 8.33. The van der Waals surface area contributed by atoms with E-state index in [1.165, 1.54) is 6.07 Å². The quantitative estimate of drug-likeness (QED) is 0.820. The average molecular weight is 339 g/mol. The van der Waals surface area contributed by atoms with Gasteiger partial charge in [0.05, 0.1) is 5.69 Å². The molecule has 98 valence electrons. The molecule has 5 heteroatoms. The minimum atomic E-state index is -0.430. The molecule has 0 radical (unpaired) electrons. The Morgan fingerprint density at radius 2 is 2.00 bits per heavy atom. The lowest BCUT2D eigenvalue weighted by molar-refractivity contribution is 0.626. The molecule has 19 heavy (non-hydrogen) atoms. The molecule has 2 nitrogen and oxygen atoms in total. The van der Waals surface area contributed by atoms with Crippen LogP contribution in [0.15, 0.2) is 40.9 Å². The van der Waals surface area contributed by atoms with Crippen molar-refractivity contribution in [3.05, 3.63) is 57.8 Å². The van der Waals surface area contributed by atoms with Crippen LogP contribution in [0.2, 0.25) is 0 Å². The highest BCUT2D eigenvalue weighted by atomic mass is 79.9. The molecule has 0 heterocycles. The van der Waals surface area contributed by atoms with Crippen molar-refractivity contribution in [3.8, 4) is 0 Å². The van der Waals surface area contributed by atoms with Gasteiger partial charge in [-0.1, -0.05) is 18.3 Å². The summed E-state index contributed by atoms with van der Waals surface area (Å²) < 4.78 is 14.7. The van der Waals surface area contributed by atoms with Gasteiger partial charge in [-0.25, -0.2) is 4.39 Å². The first-order chi connectivity index (χ1) is 8.97. The molecule has 0 aliphatic rings. The minimum Gasteiger partial charge on any atom is -0.389 e. The summed E-state index contributed by atoms with van der Waals surface area (Å²) in [4.78, 5) is 0.0561. The van der Waals surface area contributed by atoms with Gasteiger partial charge in [0.2, 0.25) is 0 Å². The topological polar surface area (TPSA) is 38.0 Å². The second-order valence-corrected chi connectivity index (χ2v) is 5.46. The third-order valence-electron chi connectivity index (χ3n) is 2.64. The van der Waals surface area contributed by atoms with Crippen LogP contribution in [0.3, 0.4) is 0 Å². The third kappa shape index (κ3) is 3.30. The number of anilines is 2. The maximum atomic E-state index is 13.7. The number of halogens is 2. The molecule has 0 unspecified atom stereocenters. The molecule has 0 amide bonds. The van der Waals surface area contributed by atoms with E-state index >= 15 is 0 Å². The number of rotatable bonds is 3. The van der Waals surface area contributed by atoms with Crippen LogP contribution >= 0.6 is 28.1 Å². The minimum absolute atomic E-state index is 0.0561. The van der Waals surface area contributed by atoms with E-state index in [0.717, 1.165) is 15.7 Å². The van der Waals surface area contributed by atoms with E-state index in [1.807, 2.05) is 25.1 Å². The zero-order valence-corrected chi connectivity index (χ0v) is 12.6. The number of thiocarbonyl (C=S) groups is 1. The molecule has 0 atom stereocenters. The lowest BCUT2D eigenvalue weighted by atomic mass is 10.1. The van der Waals surface area contributed by atoms with Crippen LogP contribution in [0, 0.1) is 12.7 Å². The second-order valence-electron chi connectivity index (χ2n) is 4.17. The standard InChI is InChI=1S/C14H12BrFN2S/c1-8-2-5-13(11(15)6-8)18-9-3-4-10(14(17)19)12(16)7-9/h2-7,18H,1H3,(H2,17,19). The van der Waals surface area contributed by atoms with Gasteiger partial charge in [0.1, 0.15) is 10.8 Å². The van der Waals surface area contributed by atoms with Crippen LogP contribution < -0.4 is 11.1 Å². The third-order valence-corrected chi connectivity index (χ3v) is 3.51. The van der Waals surface area contributed by atoms with E-state index in [4.69, 9.17) is 18.0 Å². The fourth-order valence-corrected chi connectivity index (χ4v) is 2.43. The molecule has 0 saturated heterocycles. The number of hydrogen-bond acceptors (Lipinski definition) is 2. The van der Waals surface area contributed by atoms with Gasteiger partial charge in [-0.15, -0.1) is 0 Å². The number of hydrogen-bond donors (Lipinski definition) is 2. The first kappa shape index (κ1) is 14.0. The molecule has 0 fully saturated rings. The molecule has 2 aromatic rings. The average Bonchev–Trinajstić information content (AvgIpc) is 2.32. The van der Waals surface area contributed by atoms with Crippen LogP contribution in [-0.2, 0) is 0 Å². The van der Waals surface area contributed by atoms with E-state index in [9.17, 15) is 4.39 Å². The molecule has 0 saturated carbocycles. The highest BCUT2D eigenvalue weighted by molar-refractivity contribution is 9.10. The van der Waals surface area contributed by atoms with Gasteiger partial charge >= 0.3 is 0 Å². The summed E-state index contributed by atoms with van der Waals surface area (Å²) in [6, 6.07) is 10.6. The summed E-state index contributed by atoms with van der Waals surface area (Å²) in [6.07, 6.45) is 0. The highest BCUT2D eigenvalue weighted by Gasteiger charge is 2.07. The Balaban J connectivity index is 2.29. The molecule has 0 aliphatic carbocycles. The normalized spacial score (nSPS) is 10.3. The lowest BCUT2D eigenvalue weighted by Crippen LogP contribution is -2.11. The van der Waals surface area contributed by atoms with Crippen molar-refractivity contribution in [2.45, 2.75) is 6.92 Å². The predicted octanol–water partition coefficient (Wildman–Crippen LogP) is 4.27. The Morgan fingerprint density at radius 3 is 2.58 bits per heavy atom. The van der Waals surface area contributed by atoms with Crippen molar-refractivity contribution in [1.82, 2.24) is 0 Å². The zero-order valence-electron chi connectivity index (χ0n) is 10.2. The highest BCUT2D eigenvalue weighted by Crippen LogP contribution is 2.27. The fourth-order valence-electron chi connectivity index (χ4n) is 1.67. The number of nitrogens with two attached hydrogens (primary N) is 1. The van der Waals surface area contributed by atoms with Crippen molar-refractivity contribution in [2.75, 3.05) is 5.32 Å². The van der Waals surface area contributed by atoms with Crippen LogP contribution in [-0.4, -0.2) is 4.99 Å². The van der Waals surface area contributed by atoms with Crippen LogP contribution in [0.25, 0.3) is 0 Å². The number of aryl methyl sites for hydroxylation is 1. The van der Waals surface area contributed by atoms with E-state index in [2.05, 4.69) is 21.2 Å². The molecule has 0 aromatic heterocycles. The Kier molecular flexibility index (Phi) is 4.17. The van der Waals surface area contributed by atoms with Crippen LogP contribution in [0.1, 0.15) is 11.1 Å². The van der Waals surface area contributed by atoms with Gasteiger partial charge in [-0.05, 0) is 58.7 Å². The monoisotopic (exact) mass is 338 g/mol. The summed E-state index contributed by atoms with van der Waals surface area (Å²) in [7, 11) is 0. The Morgan fingerprint density at radius 1 is 1.26 bits per heavy atom. The summed E-state index contributed by atoms with van der Waals surface area (Å²) in [5.74, 6) is -0.430. The van der Waals surface area contributed by atoms with Crippen LogP contribution in [0.5, 0.6) is 0 Å². The van der Waals surface area contributed by atoms with Gasteiger partial charge < -0.3 is 11.1 Å². The molecule has 2 aromatic carbocycles. The van der Waals surface area contributed by atoms with E-state index in [1.54, 1.807) is 12.1 Å². The van der Waals surface area contributed by atoms with Crippen molar-refractivity contribution in [1.29, 1.82) is 0 Å². The van der Waals surface area contributed by atoms with Crippen molar-refractivity contribution < 1.29 is 4.39 Å². The van der Waals surface area contributed by atoms with Gasteiger partial charge in [0.15, 0.2) is 0 Å². The predicted molar refractivity (Wildman–Crippen MR) is 84.4 cm³/mol. The summed E-state index contributed by atoms with van der Waals surface area (Å²) >= 11 is 8.23. The molecule has 0 bridgehead atoms. The summed E-state index contributed by atoms with van der Waals surface area (Å²) in [6.45, 7) is 2.01. The van der Waals surface area contributed by atoms with Crippen molar-refractivity contribution >= 4 is 44.5 Å². The van der Waals surface area contributed by atoms with E-state index in [-0.39, 0.29) is 10.6 Å². The molecule has 3 N–H and O–H groups in total. The Hall–Kier alpha value is -1.46. The van der Waals surface area contributed by atoms with E-state index < -0.39 is 5.82 Å². The van der Waals surface area contributed by atoms with Gasteiger partial charge in [0.25, 0.3) is 0 Å². The zero-order chi connectivity index (χ0) is 14.0. The van der Waals surface area contributed by atoms with E-state index in [0.29, 0.717) is 5.69 Å². The number of nitrogens with one attached hydrogen (secondary N) is 1. The molecule has 2 rings (SSSR count). The largest absolute Gasteiger partial charge is 0.389 e. The first-order valence-corrected chi connectivity index (χ1v) is 6.80. The Labute approximate surface area is 124 Å². The SMILES string of the molecule is Cc1ccc(Nc2ccc(C(N)=S)c(F)c2)c(Br)c1. The molecule has 0 aliphatic heterocycles. The first-order valence-electron chi connectivity index (χ1n) is 5.60. The molecular formula is C14H12BrFN2S. The smallest absolute Gasteiger partial charge is 0.135 e. The molecular weight excluding hydrogens is 327 g/mol. The van der Waals surface area contributed by atoms with Crippen molar-refractivity contribution in [3.63, 3.8) is 0 Å². The lowest BCUT2D eigenvalue weighted by Gasteiger charge is -2.10. The maximum absolute atomic E-state index is 13.7. The second kappa shape index (κ2) is 5.67. The summed E-state index contributed by atoms with van der Waals surface area (Å²) in [5, 5.41) is 3.14. The van der Waals surface area contributed by atoms with Gasteiger partial charge in [-0.2, -0.15) is 0 Å². The fraction of sp³-hybridized carbons (Fsp3) is 0.0714. The Bertz CT molecular complexity index is 643. The van der Waals surface area contributed by atoms with Crippen molar-refractivity contribution in [2.24, 2.45) is 5.73 Å². The van der Waals surface area contributed by atoms with Gasteiger partial charge in [-0.3, -0.25) is 0 Å². The van der Waals surface area contributed by atoms with Gasteiger partial charge in [0, 0.05) is 15.7 Å².